The van der Waals surface area contributed by atoms with Crippen molar-refractivity contribution in [1.29, 1.82) is 0 Å². The van der Waals surface area contributed by atoms with Gasteiger partial charge in [-0.2, -0.15) is 0 Å². The Kier molecular flexibility index (Phi) is 5.93. The van der Waals surface area contributed by atoms with Gasteiger partial charge in [0.1, 0.15) is 0 Å². The third-order valence-corrected chi connectivity index (χ3v) is 2.62. The molecule has 1 N–H and O–H groups in total. The van der Waals surface area contributed by atoms with E-state index in [2.05, 4.69) is 5.32 Å². The number of piperazine rings is 1. The van der Waals surface area contributed by atoms with Crippen LogP contribution in [0.3, 0.4) is 0 Å². The van der Waals surface area contributed by atoms with Gasteiger partial charge in [-0.25, -0.2) is 0 Å². The molecule has 0 spiro atoms. The maximum atomic E-state index is 12.0. The Hall–Kier alpha value is -1.14. The first-order valence-electron chi connectivity index (χ1n) is 5.85. The van der Waals surface area contributed by atoms with Crippen LogP contribution in [0.5, 0.6) is 0 Å². The summed E-state index contributed by atoms with van der Waals surface area (Å²) in [5, 5.41) is 3.03. The van der Waals surface area contributed by atoms with E-state index in [9.17, 15) is 9.59 Å². The average molecular weight is 244 g/mol. The SMILES string of the molecule is CCOC(=O)CC1NCCN(CCOC)C1=O. The third kappa shape index (κ3) is 4.32. The Labute approximate surface area is 101 Å². The zero-order valence-corrected chi connectivity index (χ0v) is 10.4. The maximum absolute atomic E-state index is 12.0. The lowest BCUT2D eigenvalue weighted by molar-refractivity contribution is -0.148. The fourth-order valence-electron chi connectivity index (χ4n) is 1.76. The molecule has 6 heteroatoms. The smallest absolute Gasteiger partial charge is 0.307 e. The molecule has 1 aliphatic heterocycles. The second-order valence-corrected chi connectivity index (χ2v) is 3.83. The molecule has 1 aliphatic rings. The molecule has 1 rings (SSSR count). The molecule has 1 amide bonds. The lowest BCUT2D eigenvalue weighted by Crippen LogP contribution is -2.56. The van der Waals surface area contributed by atoms with E-state index >= 15 is 0 Å². The highest BCUT2D eigenvalue weighted by Crippen LogP contribution is 2.06. The number of rotatable bonds is 6. The van der Waals surface area contributed by atoms with E-state index in [4.69, 9.17) is 9.47 Å². The van der Waals surface area contributed by atoms with Crippen molar-refractivity contribution in [1.82, 2.24) is 10.2 Å². The maximum Gasteiger partial charge on any atom is 0.307 e. The molecular weight excluding hydrogens is 224 g/mol. The summed E-state index contributed by atoms with van der Waals surface area (Å²) in [6.45, 7) is 4.52. The summed E-state index contributed by atoms with van der Waals surface area (Å²) in [6, 6.07) is -0.459. The van der Waals surface area contributed by atoms with Gasteiger partial charge < -0.3 is 19.7 Å². The van der Waals surface area contributed by atoms with Crippen molar-refractivity contribution in [2.24, 2.45) is 0 Å². The number of nitrogens with one attached hydrogen (secondary N) is 1. The highest BCUT2D eigenvalue weighted by molar-refractivity contribution is 5.87. The van der Waals surface area contributed by atoms with Gasteiger partial charge in [-0.05, 0) is 6.92 Å². The number of carbonyl (C=O) groups excluding carboxylic acids is 2. The normalized spacial score (nSPS) is 20.5. The van der Waals surface area contributed by atoms with Crippen LogP contribution in [-0.2, 0) is 19.1 Å². The molecule has 0 radical (unpaired) electrons. The lowest BCUT2D eigenvalue weighted by Gasteiger charge is -2.32. The van der Waals surface area contributed by atoms with Crippen molar-refractivity contribution in [2.75, 3.05) is 40.0 Å². The molecule has 6 nitrogen and oxygen atoms in total. The predicted octanol–water partition coefficient (Wildman–Crippen LogP) is -0.614. The summed E-state index contributed by atoms with van der Waals surface area (Å²) in [5.74, 6) is -0.395. The minimum atomic E-state index is -0.459. The number of hydrogen-bond donors (Lipinski definition) is 1. The van der Waals surface area contributed by atoms with Crippen LogP contribution in [0.4, 0.5) is 0 Å². The van der Waals surface area contributed by atoms with Crippen LogP contribution in [0.1, 0.15) is 13.3 Å². The molecule has 0 saturated carbocycles. The third-order valence-electron chi connectivity index (χ3n) is 2.62. The standard InChI is InChI=1S/C11H20N2O4/c1-3-17-10(14)8-9-11(15)13(5-4-12-9)6-7-16-2/h9,12H,3-8H2,1-2H3. The summed E-state index contributed by atoms with van der Waals surface area (Å²) in [5.41, 5.74) is 0. The number of ether oxygens (including phenoxy) is 2. The van der Waals surface area contributed by atoms with E-state index < -0.39 is 6.04 Å². The number of carbonyl (C=O) groups is 2. The second-order valence-electron chi connectivity index (χ2n) is 3.83. The summed E-state index contributed by atoms with van der Waals surface area (Å²) in [7, 11) is 1.60. The Balaban J connectivity index is 2.44. The van der Waals surface area contributed by atoms with Crippen LogP contribution in [0.25, 0.3) is 0 Å². The minimum absolute atomic E-state index is 0.0543. The van der Waals surface area contributed by atoms with Crippen LogP contribution in [-0.4, -0.2) is 62.8 Å². The average Bonchev–Trinajstić information content (AvgIpc) is 2.30. The van der Waals surface area contributed by atoms with Crippen LogP contribution in [0.2, 0.25) is 0 Å². The van der Waals surface area contributed by atoms with Crippen molar-refractivity contribution in [3.8, 4) is 0 Å². The Bertz CT molecular complexity index is 270. The lowest BCUT2D eigenvalue weighted by atomic mass is 10.1. The van der Waals surface area contributed by atoms with Gasteiger partial charge in [0.25, 0.3) is 0 Å². The van der Waals surface area contributed by atoms with Crippen molar-refractivity contribution >= 4 is 11.9 Å². The molecule has 1 heterocycles. The van der Waals surface area contributed by atoms with Crippen LogP contribution < -0.4 is 5.32 Å². The quantitative estimate of drug-likeness (QED) is 0.631. The molecular formula is C11H20N2O4. The van der Waals surface area contributed by atoms with Crippen molar-refractivity contribution in [3.05, 3.63) is 0 Å². The fraction of sp³-hybridized carbons (Fsp3) is 0.818. The molecule has 1 saturated heterocycles. The number of esters is 1. The Morgan fingerprint density at radius 2 is 2.35 bits per heavy atom. The predicted molar refractivity (Wildman–Crippen MR) is 61.5 cm³/mol. The highest BCUT2D eigenvalue weighted by atomic mass is 16.5. The number of amides is 1. The highest BCUT2D eigenvalue weighted by Gasteiger charge is 2.30. The molecule has 0 aromatic rings. The van der Waals surface area contributed by atoms with Gasteiger partial charge in [0.2, 0.25) is 5.91 Å². The van der Waals surface area contributed by atoms with E-state index in [0.717, 1.165) is 0 Å². The second kappa shape index (κ2) is 7.24. The van der Waals surface area contributed by atoms with Crippen LogP contribution in [0.15, 0.2) is 0 Å². The number of nitrogens with zero attached hydrogens (tertiary/aromatic N) is 1. The summed E-state index contributed by atoms with van der Waals surface area (Å²) in [4.78, 5) is 25.0. The minimum Gasteiger partial charge on any atom is -0.466 e. The van der Waals surface area contributed by atoms with Gasteiger partial charge in [-0.1, -0.05) is 0 Å². The molecule has 0 aliphatic carbocycles. The van der Waals surface area contributed by atoms with Crippen molar-refractivity contribution in [3.63, 3.8) is 0 Å². The summed E-state index contributed by atoms with van der Waals surface area (Å²) in [6.07, 6.45) is 0.0934. The molecule has 1 unspecified atom stereocenters. The van der Waals surface area contributed by atoms with E-state index in [1.54, 1.807) is 18.9 Å². The van der Waals surface area contributed by atoms with Crippen LogP contribution in [0, 0.1) is 0 Å². The molecule has 98 valence electrons. The number of hydrogen-bond acceptors (Lipinski definition) is 5. The van der Waals surface area contributed by atoms with Crippen LogP contribution >= 0.6 is 0 Å². The van der Waals surface area contributed by atoms with E-state index in [0.29, 0.717) is 32.8 Å². The van der Waals surface area contributed by atoms with Gasteiger partial charge in [-0.3, -0.25) is 9.59 Å². The van der Waals surface area contributed by atoms with Gasteiger partial charge in [0.15, 0.2) is 0 Å². The van der Waals surface area contributed by atoms with Gasteiger partial charge >= 0.3 is 5.97 Å². The van der Waals surface area contributed by atoms with E-state index in [-0.39, 0.29) is 18.3 Å². The molecule has 17 heavy (non-hydrogen) atoms. The van der Waals surface area contributed by atoms with E-state index in [1.807, 2.05) is 0 Å². The summed E-state index contributed by atoms with van der Waals surface area (Å²) < 4.78 is 9.78. The first kappa shape index (κ1) is 13.9. The Morgan fingerprint density at radius 1 is 1.59 bits per heavy atom. The molecule has 0 aromatic heterocycles. The topological polar surface area (TPSA) is 67.9 Å². The molecule has 0 aromatic carbocycles. The van der Waals surface area contributed by atoms with Gasteiger partial charge in [0, 0.05) is 26.7 Å². The zero-order chi connectivity index (χ0) is 12.7. The van der Waals surface area contributed by atoms with E-state index in [1.165, 1.54) is 0 Å². The number of methoxy groups -OCH3 is 1. The first-order chi connectivity index (χ1) is 8.19. The zero-order valence-electron chi connectivity index (χ0n) is 10.4. The first-order valence-corrected chi connectivity index (χ1v) is 5.85. The summed E-state index contributed by atoms with van der Waals surface area (Å²) >= 11 is 0. The molecule has 1 atom stereocenters. The van der Waals surface area contributed by atoms with Gasteiger partial charge in [0.05, 0.1) is 25.7 Å². The monoisotopic (exact) mass is 244 g/mol. The largest absolute Gasteiger partial charge is 0.466 e. The fourth-order valence-corrected chi connectivity index (χ4v) is 1.76. The van der Waals surface area contributed by atoms with Crippen molar-refractivity contribution in [2.45, 2.75) is 19.4 Å². The van der Waals surface area contributed by atoms with Gasteiger partial charge in [-0.15, -0.1) is 0 Å². The molecule has 0 bridgehead atoms. The Morgan fingerprint density at radius 3 is 3.00 bits per heavy atom. The molecule has 1 fully saturated rings. The van der Waals surface area contributed by atoms with Crippen molar-refractivity contribution < 1.29 is 19.1 Å².